The van der Waals surface area contributed by atoms with E-state index in [1.807, 2.05) is 0 Å². The maximum absolute atomic E-state index is 12.9. The summed E-state index contributed by atoms with van der Waals surface area (Å²) >= 11 is 0. The zero-order valence-electron chi connectivity index (χ0n) is 15.2. The Morgan fingerprint density at radius 3 is 2.70 bits per heavy atom. The molecule has 1 aliphatic heterocycles. The Labute approximate surface area is 141 Å². The van der Waals surface area contributed by atoms with Crippen molar-refractivity contribution in [1.29, 1.82) is 0 Å². The van der Waals surface area contributed by atoms with E-state index in [9.17, 15) is 4.79 Å². The number of rotatable bonds is 5. The van der Waals surface area contributed by atoms with E-state index in [2.05, 4.69) is 31.0 Å². The number of carbonyl (C=O) groups is 1. The summed E-state index contributed by atoms with van der Waals surface area (Å²) in [5.41, 5.74) is 2.59. The lowest BCUT2D eigenvalue weighted by Crippen LogP contribution is -2.53. The molecule has 1 amide bonds. The summed E-state index contributed by atoms with van der Waals surface area (Å²) in [6.45, 7) is 7.90. The lowest BCUT2D eigenvalue weighted by molar-refractivity contribution is -0.127. The minimum absolute atomic E-state index is 0.196. The molecule has 3 nitrogen and oxygen atoms in total. The van der Waals surface area contributed by atoms with Crippen LogP contribution in [-0.4, -0.2) is 29.6 Å². The van der Waals surface area contributed by atoms with Crippen LogP contribution in [0.2, 0.25) is 0 Å². The zero-order valence-corrected chi connectivity index (χ0v) is 15.2. The second kappa shape index (κ2) is 7.38. The van der Waals surface area contributed by atoms with Gasteiger partial charge in [-0.1, -0.05) is 40.0 Å². The molecule has 3 rings (SSSR count). The van der Waals surface area contributed by atoms with Crippen molar-refractivity contribution in [1.82, 2.24) is 10.2 Å². The Kier molecular flexibility index (Phi) is 5.45. The molecule has 0 aromatic carbocycles. The first-order valence-electron chi connectivity index (χ1n) is 9.92. The van der Waals surface area contributed by atoms with Gasteiger partial charge in [0.25, 0.3) is 5.91 Å². The van der Waals surface area contributed by atoms with Gasteiger partial charge in [0.1, 0.15) is 6.17 Å². The van der Waals surface area contributed by atoms with Gasteiger partial charge in [-0.05, 0) is 55.9 Å². The summed E-state index contributed by atoms with van der Waals surface area (Å²) in [4.78, 5) is 15.0. The molecule has 0 aromatic heterocycles. The largest absolute Gasteiger partial charge is 0.319 e. The average Bonchev–Trinajstić information content (AvgIpc) is 2.82. The van der Waals surface area contributed by atoms with Crippen LogP contribution in [-0.2, 0) is 4.79 Å². The molecule has 0 saturated heterocycles. The first kappa shape index (κ1) is 17.0. The number of hydrogen-bond acceptors (Lipinski definition) is 2. The van der Waals surface area contributed by atoms with Gasteiger partial charge in [0.05, 0.1) is 0 Å². The number of hydrogen-bond donors (Lipinski definition) is 1. The molecule has 3 aliphatic rings. The highest BCUT2D eigenvalue weighted by Gasteiger charge is 2.41. The molecule has 1 fully saturated rings. The molecule has 130 valence electrons. The third kappa shape index (κ3) is 3.35. The van der Waals surface area contributed by atoms with Gasteiger partial charge < -0.3 is 4.90 Å². The summed E-state index contributed by atoms with van der Waals surface area (Å²) in [6, 6.07) is 0.564. The Bertz CT molecular complexity index is 470. The summed E-state index contributed by atoms with van der Waals surface area (Å²) in [5.74, 6) is 1.84. The molecule has 0 aromatic rings. The van der Waals surface area contributed by atoms with Crippen molar-refractivity contribution in [2.24, 2.45) is 11.8 Å². The first-order chi connectivity index (χ1) is 11.1. The molecule has 2 aliphatic carbocycles. The topological polar surface area (TPSA) is 32.3 Å². The highest BCUT2D eigenvalue weighted by molar-refractivity contribution is 5.97. The molecule has 0 unspecified atom stereocenters. The van der Waals surface area contributed by atoms with Crippen molar-refractivity contribution >= 4 is 5.91 Å². The smallest absolute Gasteiger partial charge is 0.251 e. The van der Waals surface area contributed by atoms with Crippen molar-refractivity contribution in [3.63, 3.8) is 0 Å². The van der Waals surface area contributed by atoms with Gasteiger partial charge in [-0.2, -0.15) is 0 Å². The fourth-order valence-electron chi connectivity index (χ4n) is 4.72. The Hall–Kier alpha value is -0.830. The van der Waals surface area contributed by atoms with Crippen molar-refractivity contribution in [3.05, 3.63) is 11.1 Å². The normalized spacial score (nSPS) is 34.9. The molecule has 4 atom stereocenters. The SMILES string of the molecule is CCCCN1C(=O)C2=C(CCCC2)[C@@H]1N[C@@H]1CCC[C@H](C)[C@@H]1C. The molecule has 0 radical (unpaired) electrons. The minimum atomic E-state index is 0.196. The predicted octanol–water partition coefficient (Wildman–Crippen LogP) is 4.24. The summed E-state index contributed by atoms with van der Waals surface area (Å²) < 4.78 is 0. The maximum Gasteiger partial charge on any atom is 0.251 e. The minimum Gasteiger partial charge on any atom is -0.319 e. The second-order valence-electron chi connectivity index (χ2n) is 8.01. The predicted molar refractivity (Wildman–Crippen MR) is 95.0 cm³/mol. The fraction of sp³-hybridized carbons (Fsp3) is 0.850. The summed E-state index contributed by atoms with van der Waals surface area (Å²) in [6.07, 6.45) is 11.0. The van der Waals surface area contributed by atoms with E-state index in [1.165, 1.54) is 37.7 Å². The quantitative estimate of drug-likeness (QED) is 0.822. The van der Waals surface area contributed by atoms with E-state index in [0.717, 1.165) is 43.7 Å². The van der Waals surface area contributed by atoms with E-state index < -0.39 is 0 Å². The van der Waals surface area contributed by atoms with Crippen LogP contribution in [0.15, 0.2) is 11.1 Å². The van der Waals surface area contributed by atoms with E-state index in [4.69, 9.17) is 0 Å². The highest BCUT2D eigenvalue weighted by Crippen LogP contribution is 2.37. The highest BCUT2D eigenvalue weighted by atomic mass is 16.2. The van der Waals surface area contributed by atoms with Crippen molar-refractivity contribution in [2.75, 3.05) is 6.54 Å². The van der Waals surface area contributed by atoms with Crippen LogP contribution in [0.5, 0.6) is 0 Å². The monoisotopic (exact) mass is 318 g/mol. The van der Waals surface area contributed by atoms with Crippen LogP contribution in [0.25, 0.3) is 0 Å². The van der Waals surface area contributed by atoms with Crippen molar-refractivity contribution in [2.45, 2.75) is 90.8 Å². The zero-order chi connectivity index (χ0) is 16.4. The third-order valence-electron chi connectivity index (χ3n) is 6.50. The molecule has 0 spiro atoms. The van der Waals surface area contributed by atoms with Gasteiger partial charge in [-0.25, -0.2) is 0 Å². The van der Waals surface area contributed by atoms with Crippen LogP contribution in [0, 0.1) is 11.8 Å². The van der Waals surface area contributed by atoms with Gasteiger partial charge in [-0.3, -0.25) is 10.1 Å². The molecule has 23 heavy (non-hydrogen) atoms. The lowest BCUT2D eigenvalue weighted by atomic mass is 9.77. The Morgan fingerprint density at radius 1 is 1.13 bits per heavy atom. The van der Waals surface area contributed by atoms with E-state index in [-0.39, 0.29) is 6.17 Å². The fourth-order valence-corrected chi connectivity index (χ4v) is 4.72. The molecule has 3 heteroatoms. The van der Waals surface area contributed by atoms with Crippen molar-refractivity contribution in [3.8, 4) is 0 Å². The van der Waals surface area contributed by atoms with Crippen molar-refractivity contribution < 1.29 is 4.79 Å². The van der Waals surface area contributed by atoms with Gasteiger partial charge in [0.2, 0.25) is 0 Å². The molecule has 1 saturated carbocycles. The van der Waals surface area contributed by atoms with Crippen LogP contribution in [0.4, 0.5) is 0 Å². The second-order valence-corrected chi connectivity index (χ2v) is 8.01. The molecule has 1 N–H and O–H groups in total. The van der Waals surface area contributed by atoms with Gasteiger partial charge >= 0.3 is 0 Å². The van der Waals surface area contributed by atoms with Crippen LogP contribution in [0.1, 0.15) is 78.6 Å². The number of carbonyl (C=O) groups excluding carboxylic acids is 1. The first-order valence-corrected chi connectivity index (χ1v) is 9.92. The van der Waals surface area contributed by atoms with E-state index >= 15 is 0 Å². The van der Waals surface area contributed by atoms with Gasteiger partial charge in [-0.15, -0.1) is 0 Å². The maximum atomic E-state index is 12.9. The lowest BCUT2D eigenvalue weighted by Gasteiger charge is -2.39. The number of nitrogens with one attached hydrogen (secondary N) is 1. The number of nitrogens with zero attached hydrogens (tertiary/aromatic N) is 1. The van der Waals surface area contributed by atoms with E-state index in [1.54, 1.807) is 0 Å². The average molecular weight is 319 g/mol. The Morgan fingerprint density at radius 2 is 1.91 bits per heavy atom. The Balaban J connectivity index is 1.77. The van der Waals surface area contributed by atoms with Crippen LogP contribution >= 0.6 is 0 Å². The molecule has 1 heterocycles. The van der Waals surface area contributed by atoms with Gasteiger partial charge in [0, 0.05) is 18.2 Å². The van der Waals surface area contributed by atoms with Crippen LogP contribution in [0.3, 0.4) is 0 Å². The third-order valence-corrected chi connectivity index (χ3v) is 6.50. The molecular formula is C20H34N2O. The summed E-state index contributed by atoms with van der Waals surface area (Å²) in [7, 11) is 0. The number of amides is 1. The van der Waals surface area contributed by atoms with Gasteiger partial charge in [0.15, 0.2) is 0 Å². The van der Waals surface area contributed by atoms with E-state index in [0.29, 0.717) is 17.9 Å². The number of unbranched alkanes of at least 4 members (excludes halogenated alkanes) is 1. The summed E-state index contributed by atoms with van der Waals surface area (Å²) in [5, 5.41) is 3.93. The molecular weight excluding hydrogens is 284 g/mol. The van der Waals surface area contributed by atoms with Crippen LogP contribution < -0.4 is 5.32 Å². The standard InChI is InChI=1S/C20H34N2O/c1-4-5-13-22-19(16-10-6-7-11-17(16)20(22)23)21-18-12-8-9-14(2)15(18)3/h14-15,18-19,21H,4-13H2,1-3H3/t14-,15-,18+,19+/m0/s1. The molecule has 0 bridgehead atoms.